The molecule has 2 aliphatic rings. The molecule has 1 spiro atoms. The molecule has 3 rings (SSSR count). The Balaban J connectivity index is 1.68. The second-order valence-electron chi connectivity index (χ2n) is 5.86. The molecule has 2 N–H and O–H groups in total. The molecule has 1 saturated heterocycles. The number of ether oxygens (including phenoxy) is 3. The molecule has 0 bridgehead atoms. The second-order valence-corrected chi connectivity index (χ2v) is 5.86. The molecular weight excluding hydrogens is 270 g/mol. The first kappa shape index (κ1) is 14.2. The minimum absolute atomic E-state index is 0.0453. The summed E-state index contributed by atoms with van der Waals surface area (Å²) in [6.45, 7) is 0.741. The van der Waals surface area contributed by atoms with Gasteiger partial charge >= 0.3 is 5.97 Å². The lowest BCUT2D eigenvalue weighted by molar-refractivity contribution is -0.153. The molecule has 5 nitrogen and oxygen atoms in total. The first-order valence-corrected chi connectivity index (χ1v) is 7.40. The van der Waals surface area contributed by atoms with Gasteiger partial charge in [0.25, 0.3) is 0 Å². The van der Waals surface area contributed by atoms with E-state index in [0.717, 1.165) is 32.3 Å². The fraction of sp³-hybridized carbons (Fsp3) is 0.562. The van der Waals surface area contributed by atoms with Crippen LogP contribution in [0.1, 0.15) is 42.5 Å². The van der Waals surface area contributed by atoms with Crippen molar-refractivity contribution in [2.24, 2.45) is 0 Å². The summed E-state index contributed by atoms with van der Waals surface area (Å²) in [5, 5.41) is 0. The Morgan fingerprint density at radius 3 is 2.86 bits per heavy atom. The standard InChI is InChI=1S/C16H21NO4/c1-19-15(18)11-3-4-14(13(17)9-11)21-12-5-8-20-16(10-12)6-2-7-16/h3-4,9,12H,2,5-8,10,17H2,1H3. The largest absolute Gasteiger partial charge is 0.488 e. The van der Waals surface area contributed by atoms with E-state index in [2.05, 4.69) is 4.74 Å². The summed E-state index contributed by atoms with van der Waals surface area (Å²) in [4.78, 5) is 11.5. The van der Waals surface area contributed by atoms with Gasteiger partial charge < -0.3 is 19.9 Å². The summed E-state index contributed by atoms with van der Waals surface area (Å²) in [6.07, 6.45) is 5.42. The smallest absolute Gasteiger partial charge is 0.337 e. The Kier molecular flexibility index (Phi) is 3.76. The van der Waals surface area contributed by atoms with Crippen LogP contribution in [0.15, 0.2) is 18.2 Å². The van der Waals surface area contributed by atoms with E-state index in [0.29, 0.717) is 17.0 Å². The molecule has 114 valence electrons. The number of carbonyl (C=O) groups is 1. The van der Waals surface area contributed by atoms with Crippen LogP contribution in [-0.4, -0.2) is 31.4 Å². The van der Waals surface area contributed by atoms with Gasteiger partial charge in [-0.1, -0.05) is 0 Å². The van der Waals surface area contributed by atoms with Crippen molar-refractivity contribution in [3.05, 3.63) is 23.8 Å². The Hall–Kier alpha value is -1.75. The highest BCUT2D eigenvalue weighted by molar-refractivity contribution is 5.90. The van der Waals surface area contributed by atoms with Crippen molar-refractivity contribution in [1.82, 2.24) is 0 Å². The average molecular weight is 291 g/mol. The Labute approximate surface area is 124 Å². The molecule has 5 heteroatoms. The number of anilines is 1. The highest BCUT2D eigenvalue weighted by Gasteiger charge is 2.43. The molecule has 1 aliphatic heterocycles. The number of methoxy groups -OCH3 is 1. The fourth-order valence-electron chi connectivity index (χ4n) is 3.08. The summed E-state index contributed by atoms with van der Waals surface area (Å²) >= 11 is 0. The van der Waals surface area contributed by atoms with E-state index >= 15 is 0 Å². The van der Waals surface area contributed by atoms with Crippen LogP contribution in [0.4, 0.5) is 5.69 Å². The molecule has 1 aromatic rings. The van der Waals surface area contributed by atoms with Crippen molar-refractivity contribution in [2.45, 2.75) is 43.8 Å². The maximum absolute atomic E-state index is 11.5. The van der Waals surface area contributed by atoms with Gasteiger partial charge in [-0.2, -0.15) is 0 Å². The lowest BCUT2D eigenvalue weighted by atomic mass is 9.74. The topological polar surface area (TPSA) is 70.8 Å². The molecule has 1 aromatic carbocycles. The highest BCUT2D eigenvalue weighted by atomic mass is 16.5. The zero-order valence-corrected chi connectivity index (χ0v) is 12.3. The number of benzene rings is 1. The third-order valence-corrected chi connectivity index (χ3v) is 4.44. The van der Waals surface area contributed by atoms with Crippen LogP contribution in [0.25, 0.3) is 0 Å². The van der Waals surface area contributed by atoms with E-state index < -0.39 is 5.97 Å². The van der Waals surface area contributed by atoms with Crippen LogP contribution in [0.2, 0.25) is 0 Å². The second kappa shape index (κ2) is 5.56. The van der Waals surface area contributed by atoms with Crippen LogP contribution >= 0.6 is 0 Å². The Bertz CT molecular complexity index is 539. The lowest BCUT2D eigenvalue weighted by Gasteiger charge is -2.46. The van der Waals surface area contributed by atoms with Gasteiger partial charge in [0.2, 0.25) is 0 Å². The van der Waals surface area contributed by atoms with Crippen molar-refractivity contribution >= 4 is 11.7 Å². The van der Waals surface area contributed by atoms with Gasteiger partial charge in [-0.25, -0.2) is 4.79 Å². The molecule has 1 aliphatic carbocycles. The van der Waals surface area contributed by atoms with Gasteiger partial charge in [-0.15, -0.1) is 0 Å². The van der Waals surface area contributed by atoms with E-state index in [-0.39, 0.29) is 11.7 Å². The maximum atomic E-state index is 11.5. The molecular formula is C16H21NO4. The van der Waals surface area contributed by atoms with E-state index in [1.165, 1.54) is 13.5 Å². The zero-order chi connectivity index (χ0) is 14.9. The molecule has 0 amide bonds. The minimum Gasteiger partial charge on any atom is -0.488 e. The average Bonchev–Trinajstić information content (AvgIpc) is 2.47. The van der Waals surface area contributed by atoms with Gasteiger partial charge in [0.15, 0.2) is 0 Å². The molecule has 2 fully saturated rings. The molecule has 1 unspecified atom stereocenters. The quantitative estimate of drug-likeness (QED) is 0.684. The first-order valence-electron chi connectivity index (χ1n) is 7.40. The Morgan fingerprint density at radius 1 is 1.43 bits per heavy atom. The third kappa shape index (κ3) is 2.83. The molecule has 21 heavy (non-hydrogen) atoms. The number of carbonyl (C=O) groups excluding carboxylic acids is 1. The number of hydrogen-bond acceptors (Lipinski definition) is 5. The number of nitrogens with two attached hydrogens (primary N) is 1. The minimum atomic E-state index is -0.396. The molecule has 1 saturated carbocycles. The van der Waals surface area contributed by atoms with E-state index in [1.807, 2.05) is 0 Å². The van der Waals surface area contributed by atoms with Crippen LogP contribution in [-0.2, 0) is 9.47 Å². The number of rotatable bonds is 3. The summed E-state index contributed by atoms with van der Waals surface area (Å²) in [7, 11) is 1.35. The van der Waals surface area contributed by atoms with Gasteiger partial charge in [0, 0.05) is 12.8 Å². The van der Waals surface area contributed by atoms with Gasteiger partial charge in [-0.3, -0.25) is 0 Å². The molecule has 0 radical (unpaired) electrons. The summed E-state index contributed by atoms with van der Waals surface area (Å²) in [5.74, 6) is 0.233. The number of hydrogen-bond donors (Lipinski definition) is 1. The third-order valence-electron chi connectivity index (χ3n) is 4.44. The van der Waals surface area contributed by atoms with E-state index in [9.17, 15) is 4.79 Å². The highest BCUT2D eigenvalue weighted by Crippen LogP contribution is 2.43. The number of nitrogen functional groups attached to an aromatic ring is 1. The van der Waals surface area contributed by atoms with Crippen molar-refractivity contribution in [1.29, 1.82) is 0 Å². The summed E-state index contributed by atoms with van der Waals surface area (Å²) < 4.78 is 16.6. The van der Waals surface area contributed by atoms with Crippen LogP contribution in [0.5, 0.6) is 5.75 Å². The predicted molar refractivity (Wildman–Crippen MR) is 78.4 cm³/mol. The number of esters is 1. The summed E-state index contributed by atoms with van der Waals surface area (Å²) in [6, 6.07) is 5.01. The van der Waals surface area contributed by atoms with Crippen LogP contribution < -0.4 is 10.5 Å². The monoisotopic (exact) mass is 291 g/mol. The SMILES string of the molecule is COC(=O)c1ccc(OC2CCOC3(CCC3)C2)c(N)c1. The molecule has 0 aromatic heterocycles. The van der Waals surface area contributed by atoms with Crippen molar-refractivity contribution in [3.63, 3.8) is 0 Å². The predicted octanol–water partition coefficient (Wildman–Crippen LogP) is 2.54. The molecule has 1 heterocycles. The van der Waals surface area contributed by atoms with E-state index in [4.69, 9.17) is 15.2 Å². The Morgan fingerprint density at radius 2 is 2.24 bits per heavy atom. The van der Waals surface area contributed by atoms with E-state index in [1.54, 1.807) is 18.2 Å². The lowest BCUT2D eigenvalue weighted by Crippen LogP contribution is -2.48. The van der Waals surface area contributed by atoms with Gasteiger partial charge in [0.05, 0.1) is 30.6 Å². The van der Waals surface area contributed by atoms with Gasteiger partial charge in [0.1, 0.15) is 11.9 Å². The van der Waals surface area contributed by atoms with Crippen LogP contribution in [0.3, 0.4) is 0 Å². The van der Waals surface area contributed by atoms with Crippen molar-refractivity contribution < 1.29 is 19.0 Å². The fourth-order valence-corrected chi connectivity index (χ4v) is 3.08. The van der Waals surface area contributed by atoms with Crippen molar-refractivity contribution in [2.75, 3.05) is 19.5 Å². The first-order chi connectivity index (χ1) is 10.1. The molecule has 1 atom stereocenters. The maximum Gasteiger partial charge on any atom is 0.337 e. The van der Waals surface area contributed by atoms with Crippen molar-refractivity contribution in [3.8, 4) is 5.75 Å². The zero-order valence-electron chi connectivity index (χ0n) is 12.3. The van der Waals surface area contributed by atoms with Crippen LogP contribution in [0, 0.1) is 0 Å². The normalized spacial score (nSPS) is 23.4. The summed E-state index contributed by atoms with van der Waals surface area (Å²) in [5.41, 5.74) is 6.93. The van der Waals surface area contributed by atoms with Gasteiger partial charge in [-0.05, 0) is 37.5 Å².